The van der Waals surface area contributed by atoms with E-state index in [1.807, 2.05) is 11.8 Å². The van der Waals surface area contributed by atoms with Gasteiger partial charge in [-0.05, 0) is 31.6 Å². The largest absolute Gasteiger partial charge is 0.368 e. The Morgan fingerprint density at radius 1 is 1.44 bits per heavy atom. The minimum absolute atomic E-state index is 0.0430. The molecule has 18 heavy (non-hydrogen) atoms. The van der Waals surface area contributed by atoms with Gasteiger partial charge in [0.2, 0.25) is 5.96 Å². The Bertz CT molecular complexity index is 332. The van der Waals surface area contributed by atoms with Gasteiger partial charge in [0.15, 0.2) is 0 Å². The fraction of sp³-hybridized carbons (Fsp3) is 0.818. The molecule has 2 aliphatic rings. The number of hydrogen-bond acceptors (Lipinski definition) is 4. The molecule has 5 N–H and O–H groups in total. The molecular weight excluding hydrogens is 232 g/mol. The normalized spacial score (nSPS) is 27.2. The van der Waals surface area contributed by atoms with E-state index in [2.05, 4.69) is 10.4 Å². The molecule has 2 amide bonds. The Morgan fingerprint density at radius 3 is 2.61 bits per heavy atom. The predicted molar refractivity (Wildman–Crippen MR) is 69.1 cm³/mol. The number of carbonyl (C=O) groups is 1. The zero-order valence-corrected chi connectivity index (χ0v) is 10.8. The highest BCUT2D eigenvalue weighted by molar-refractivity contribution is 5.95. The molecule has 1 saturated heterocycles. The first kappa shape index (κ1) is 12.9. The highest BCUT2D eigenvalue weighted by Crippen LogP contribution is 2.37. The molecule has 1 aliphatic carbocycles. The van der Waals surface area contributed by atoms with Crippen LogP contribution >= 0.6 is 0 Å². The van der Waals surface area contributed by atoms with Crippen molar-refractivity contribution in [3.63, 3.8) is 0 Å². The third-order valence-corrected chi connectivity index (χ3v) is 3.81. The van der Waals surface area contributed by atoms with Crippen LogP contribution in [-0.2, 0) is 0 Å². The van der Waals surface area contributed by atoms with E-state index in [9.17, 15) is 4.79 Å². The number of likely N-dealkylation sites (tertiary alicyclic amines) is 1. The molecule has 7 heteroatoms. The highest BCUT2D eigenvalue weighted by atomic mass is 16.2. The summed E-state index contributed by atoms with van der Waals surface area (Å²) in [6, 6.07) is -0.171. The zero-order valence-electron chi connectivity index (χ0n) is 10.8. The van der Waals surface area contributed by atoms with E-state index in [1.165, 1.54) is 24.4 Å². The molecule has 2 fully saturated rings. The summed E-state index contributed by atoms with van der Waals surface area (Å²) in [5, 5.41) is 7.58. The summed E-state index contributed by atoms with van der Waals surface area (Å²) >= 11 is 0. The molecule has 2 rings (SSSR count). The maximum Gasteiger partial charge on any atom is 0.324 e. The molecule has 1 saturated carbocycles. The number of nitrogens with zero attached hydrogens (tertiary/aromatic N) is 3. The van der Waals surface area contributed by atoms with Gasteiger partial charge in [-0.1, -0.05) is 6.42 Å². The molecule has 102 valence electrons. The quantitative estimate of drug-likeness (QED) is 0.276. The average Bonchev–Trinajstić information content (AvgIpc) is 2.88. The number of fused-ring (bicyclic) bond motifs is 1. The van der Waals surface area contributed by atoms with Crippen LogP contribution < -0.4 is 16.9 Å². The van der Waals surface area contributed by atoms with E-state index in [-0.39, 0.29) is 12.0 Å². The van der Waals surface area contributed by atoms with E-state index < -0.39 is 0 Å². The monoisotopic (exact) mass is 254 g/mol. The Hall–Kier alpha value is -1.50. The number of nitrogens with two attached hydrogens (primary N) is 2. The summed E-state index contributed by atoms with van der Waals surface area (Å²) in [6.45, 7) is 4.05. The first-order chi connectivity index (χ1) is 8.60. The Balaban J connectivity index is 1.84. The molecule has 7 nitrogen and oxygen atoms in total. The van der Waals surface area contributed by atoms with E-state index >= 15 is 0 Å². The van der Waals surface area contributed by atoms with Crippen LogP contribution in [-0.4, -0.2) is 41.6 Å². The Morgan fingerprint density at radius 2 is 2.06 bits per heavy atom. The van der Waals surface area contributed by atoms with Crippen molar-refractivity contribution >= 4 is 12.0 Å². The SMILES string of the molecule is CCN(N)/N=C(\N)NC(=O)N1C[C@H]2CCC[C@H]2C1. The molecule has 0 spiro atoms. The minimum Gasteiger partial charge on any atom is -0.368 e. The third-order valence-electron chi connectivity index (χ3n) is 3.81. The number of nitrogens with one attached hydrogen (secondary N) is 1. The number of carbonyl (C=O) groups excluding carboxylic acids is 1. The standard InChI is InChI=1S/C11H22N6O/c1-2-17(13)15-10(12)14-11(18)16-6-8-4-3-5-9(8)7-16/h8-9H,2-7,13H2,1H3,(H3,12,14,15,18)/t8-,9+. The molecule has 2 atom stereocenters. The van der Waals surface area contributed by atoms with Gasteiger partial charge in [0.1, 0.15) is 0 Å². The summed E-state index contributed by atoms with van der Waals surface area (Å²) in [4.78, 5) is 13.8. The molecule has 0 bridgehead atoms. The summed E-state index contributed by atoms with van der Waals surface area (Å²) in [7, 11) is 0. The lowest BCUT2D eigenvalue weighted by Crippen LogP contribution is -2.46. The number of hydrazone groups is 1. The van der Waals surface area contributed by atoms with Crippen molar-refractivity contribution in [2.75, 3.05) is 19.6 Å². The minimum atomic E-state index is -0.171. The molecule has 0 aromatic carbocycles. The van der Waals surface area contributed by atoms with Gasteiger partial charge in [-0.3, -0.25) is 5.32 Å². The maximum absolute atomic E-state index is 12.0. The van der Waals surface area contributed by atoms with Crippen LogP contribution in [0.5, 0.6) is 0 Å². The van der Waals surface area contributed by atoms with Gasteiger partial charge in [-0.15, -0.1) is 5.10 Å². The Labute approximate surface area is 107 Å². The van der Waals surface area contributed by atoms with Gasteiger partial charge in [-0.25, -0.2) is 15.8 Å². The second kappa shape index (κ2) is 5.43. The molecular formula is C11H22N6O. The lowest BCUT2D eigenvalue weighted by Gasteiger charge is -2.18. The second-order valence-corrected chi connectivity index (χ2v) is 5.03. The van der Waals surface area contributed by atoms with Gasteiger partial charge in [0.25, 0.3) is 0 Å². The molecule has 0 unspecified atom stereocenters. The van der Waals surface area contributed by atoms with Gasteiger partial charge in [0.05, 0.1) is 6.54 Å². The second-order valence-electron chi connectivity index (χ2n) is 5.03. The van der Waals surface area contributed by atoms with Crippen molar-refractivity contribution < 1.29 is 4.79 Å². The first-order valence-corrected chi connectivity index (χ1v) is 6.52. The number of hydrazine groups is 1. The van der Waals surface area contributed by atoms with E-state index in [0.717, 1.165) is 13.1 Å². The van der Waals surface area contributed by atoms with Crippen LogP contribution in [0.4, 0.5) is 4.79 Å². The fourth-order valence-electron chi connectivity index (χ4n) is 2.82. The summed E-state index contributed by atoms with van der Waals surface area (Å²) in [5.41, 5.74) is 5.60. The molecule has 1 aliphatic heterocycles. The van der Waals surface area contributed by atoms with Gasteiger partial charge < -0.3 is 10.6 Å². The summed E-state index contributed by atoms with van der Waals surface area (Å²) in [5.74, 6) is 6.87. The van der Waals surface area contributed by atoms with Crippen molar-refractivity contribution in [1.82, 2.24) is 15.3 Å². The smallest absolute Gasteiger partial charge is 0.324 e. The zero-order chi connectivity index (χ0) is 13.1. The number of rotatable bonds is 2. The number of hydrogen-bond donors (Lipinski definition) is 3. The van der Waals surface area contributed by atoms with Gasteiger partial charge >= 0.3 is 6.03 Å². The summed E-state index contributed by atoms with van der Waals surface area (Å²) in [6.07, 6.45) is 3.78. The predicted octanol–water partition coefficient (Wildman–Crippen LogP) is -0.147. The van der Waals surface area contributed by atoms with Crippen LogP contribution in [0.15, 0.2) is 5.10 Å². The summed E-state index contributed by atoms with van der Waals surface area (Å²) < 4.78 is 0. The number of urea groups is 1. The van der Waals surface area contributed by atoms with Gasteiger partial charge in [0, 0.05) is 13.1 Å². The lowest BCUT2D eigenvalue weighted by atomic mass is 10.0. The van der Waals surface area contributed by atoms with Crippen molar-refractivity contribution in [3.8, 4) is 0 Å². The van der Waals surface area contributed by atoms with Crippen molar-refractivity contribution in [3.05, 3.63) is 0 Å². The van der Waals surface area contributed by atoms with Crippen molar-refractivity contribution in [1.29, 1.82) is 0 Å². The Kier molecular flexibility index (Phi) is 3.90. The van der Waals surface area contributed by atoms with Crippen LogP contribution in [0.1, 0.15) is 26.2 Å². The fourth-order valence-corrected chi connectivity index (χ4v) is 2.82. The van der Waals surface area contributed by atoms with Crippen molar-refractivity contribution in [2.24, 2.45) is 28.5 Å². The van der Waals surface area contributed by atoms with E-state index in [4.69, 9.17) is 11.6 Å². The maximum atomic E-state index is 12.0. The van der Waals surface area contributed by atoms with Gasteiger partial charge in [-0.2, -0.15) is 0 Å². The highest BCUT2D eigenvalue weighted by Gasteiger charge is 2.38. The average molecular weight is 254 g/mol. The molecule has 0 radical (unpaired) electrons. The van der Waals surface area contributed by atoms with E-state index in [0.29, 0.717) is 18.4 Å². The molecule has 1 heterocycles. The number of guanidine groups is 1. The van der Waals surface area contributed by atoms with Crippen molar-refractivity contribution in [2.45, 2.75) is 26.2 Å². The molecule has 0 aromatic heterocycles. The third kappa shape index (κ3) is 2.84. The molecule has 0 aromatic rings. The topological polar surface area (TPSA) is 100.0 Å². The number of amides is 2. The van der Waals surface area contributed by atoms with Crippen LogP contribution in [0.25, 0.3) is 0 Å². The van der Waals surface area contributed by atoms with E-state index in [1.54, 1.807) is 0 Å². The van der Waals surface area contributed by atoms with Crippen LogP contribution in [0.2, 0.25) is 0 Å². The lowest BCUT2D eigenvalue weighted by molar-refractivity contribution is 0.209. The van der Waals surface area contributed by atoms with Crippen LogP contribution in [0.3, 0.4) is 0 Å². The van der Waals surface area contributed by atoms with Crippen LogP contribution in [0, 0.1) is 11.8 Å². The first-order valence-electron chi connectivity index (χ1n) is 6.52.